The average molecular weight is 412 g/mol. The number of pyridine rings is 1. The fourth-order valence-corrected chi connectivity index (χ4v) is 3.98. The van der Waals surface area contributed by atoms with Crippen molar-refractivity contribution in [1.82, 2.24) is 24.3 Å². The quantitative estimate of drug-likeness (QED) is 0.471. The summed E-state index contributed by atoms with van der Waals surface area (Å²) in [6.45, 7) is 2.26. The number of nitrogens with two attached hydrogens (primary N) is 1. The molecule has 0 spiro atoms. The minimum atomic E-state index is -0.0515. The minimum Gasteiger partial charge on any atom is -0.508 e. The van der Waals surface area contributed by atoms with Crippen LogP contribution in [0.2, 0.25) is 0 Å². The van der Waals surface area contributed by atoms with Crippen molar-refractivity contribution in [1.29, 1.82) is 0 Å². The Labute approximate surface area is 177 Å². The number of nitrogens with zero attached hydrogens (tertiary/aromatic N) is 5. The molecule has 0 atom stereocenters. The lowest BCUT2D eigenvalue weighted by Crippen LogP contribution is -2.23. The van der Waals surface area contributed by atoms with E-state index in [4.69, 9.17) is 10.8 Å². The van der Waals surface area contributed by atoms with Crippen LogP contribution >= 0.6 is 0 Å². The van der Waals surface area contributed by atoms with Crippen LogP contribution in [0.3, 0.4) is 0 Å². The Morgan fingerprint density at radius 1 is 1.06 bits per heavy atom. The third-order valence-corrected chi connectivity index (χ3v) is 5.57. The number of aryl methyl sites for hydroxylation is 1. The Morgan fingerprint density at radius 3 is 2.68 bits per heavy atom. The number of aromatic nitrogens is 5. The molecule has 2 aromatic carbocycles. The Kier molecular flexibility index (Phi) is 4.21. The van der Waals surface area contributed by atoms with Gasteiger partial charge in [0.1, 0.15) is 23.6 Å². The number of phenolic OH excluding ortho intramolecular Hbond substituents is 1. The zero-order chi connectivity index (χ0) is 21.7. The SMILES string of the molecule is Cc1cccc2cc(Cn3nc(-c4cccc(O)c4)c4c(N)ncnc43)n(C)c(=O)c12. The van der Waals surface area contributed by atoms with E-state index in [-0.39, 0.29) is 11.3 Å². The van der Waals surface area contributed by atoms with Gasteiger partial charge in [-0.3, -0.25) is 4.79 Å². The molecule has 0 radical (unpaired) electrons. The molecule has 0 saturated carbocycles. The van der Waals surface area contributed by atoms with Gasteiger partial charge in [0.05, 0.1) is 17.3 Å². The van der Waals surface area contributed by atoms with E-state index in [2.05, 4.69) is 9.97 Å². The van der Waals surface area contributed by atoms with Gasteiger partial charge in [0.2, 0.25) is 0 Å². The number of anilines is 1. The lowest BCUT2D eigenvalue weighted by molar-refractivity contribution is 0.475. The summed E-state index contributed by atoms with van der Waals surface area (Å²) in [5, 5.41) is 16.9. The maximum atomic E-state index is 13.0. The molecule has 3 N–H and O–H groups in total. The molecule has 0 fully saturated rings. The molecule has 0 aliphatic rings. The topological polar surface area (TPSA) is 112 Å². The number of hydrogen-bond donors (Lipinski definition) is 2. The third-order valence-electron chi connectivity index (χ3n) is 5.57. The predicted molar refractivity (Wildman–Crippen MR) is 120 cm³/mol. The Morgan fingerprint density at radius 2 is 1.87 bits per heavy atom. The number of rotatable bonds is 3. The molecule has 0 bridgehead atoms. The van der Waals surface area contributed by atoms with E-state index < -0.39 is 0 Å². The van der Waals surface area contributed by atoms with Crippen LogP contribution in [-0.2, 0) is 13.6 Å². The zero-order valence-electron chi connectivity index (χ0n) is 17.1. The van der Waals surface area contributed by atoms with Gasteiger partial charge < -0.3 is 15.4 Å². The highest BCUT2D eigenvalue weighted by atomic mass is 16.3. The summed E-state index contributed by atoms with van der Waals surface area (Å²) in [6.07, 6.45) is 1.39. The molecule has 31 heavy (non-hydrogen) atoms. The number of hydrogen-bond acceptors (Lipinski definition) is 6. The van der Waals surface area contributed by atoms with E-state index in [0.717, 1.165) is 16.6 Å². The number of fused-ring (bicyclic) bond motifs is 2. The first-order valence-corrected chi connectivity index (χ1v) is 9.78. The smallest absolute Gasteiger partial charge is 0.258 e. The van der Waals surface area contributed by atoms with Crippen LogP contribution in [0, 0.1) is 6.92 Å². The van der Waals surface area contributed by atoms with Gasteiger partial charge in [-0.1, -0.05) is 30.3 Å². The van der Waals surface area contributed by atoms with Crippen molar-refractivity contribution in [3.63, 3.8) is 0 Å². The van der Waals surface area contributed by atoms with Gasteiger partial charge >= 0.3 is 0 Å². The van der Waals surface area contributed by atoms with Crippen molar-refractivity contribution in [2.75, 3.05) is 5.73 Å². The fraction of sp³-hybridized carbons (Fsp3) is 0.130. The highest BCUT2D eigenvalue weighted by Gasteiger charge is 2.18. The Balaban J connectivity index is 1.72. The lowest BCUT2D eigenvalue weighted by Gasteiger charge is -2.12. The van der Waals surface area contributed by atoms with Crippen LogP contribution in [0.1, 0.15) is 11.3 Å². The van der Waals surface area contributed by atoms with E-state index in [1.807, 2.05) is 37.3 Å². The summed E-state index contributed by atoms with van der Waals surface area (Å²) in [5.41, 5.74) is 9.67. The second kappa shape index (κ2) is 6.94. The van der Waals surface area contributed by atoms with Crippen molar-refractivity contribution in [2.24, 2.45) is 7.05 Å². The Hall–Kier alpha value is -4.20. The molecule has 5 aromatic rings. The third kappa shape index (κ3) is 3.00. The van der Waals surface area contributed by atoms with Gasteiger partial charge in [-0.05, 0) is 36.1 Å². The molecule has 0 aliphatic carbocycles. The van der Waals surface area contributed by atoms with Crippen LogP contribution in [0.5, 0.6) is 5.75 Å². The van der Waals surface area contributed by atoms with E-state index in [9.17, 15) is 9.90 Å². The summed E-state index contributed by atoms with van der Waals surface area (Å²) >= 11 is 0. The number of aromatic hydroxyl groups is 1. The van der Waals surface area contributed by atoms with Crippen molar-refractivity contribution < 1.29 is 5.11 Å². The molecule has 0 amide bonds. The molecule has 8 heteroatoms. The van der Waals surface area contributed by atoms with E-state index in [0.29, 0.717) is 40.0 Å². The number of benzene rings is 2. The van der Waals surface area contributed by atoms with E-state index in [1.54, 1.807) is 34.5 Å². The molecule has 0 unspecified atom stereocenters. The maximum absolute atomic E-state index is 13.0. The first-order chi connectivity index (χ1) is 14.9. The van der Waals surface area contributed by atoms with E-state index >= 15 is 0 Å². The number of phenols is 1. The van der Waals surface area contributed by atoms with Gasteiger partial charge in [0, 0.05) is 18.3 Å². The molecule has 0 aliphatic heterocycles. The second-order valence-electron chi connectivity index (χ2n) is 7.55. The molecule has 0 saturated heterocycles. The molecular weight excluding hydrogens is 392 g/mol. The summed E-state index contributed by atoms with van der Waals surface area (Å²) in [4.78, 5) is 21.5. The largest absolute Gasteiger partial charge is 0.508 e. The lowest BCUT2D eigenvalue weighted by atomic mass is 10.1. The first kappa shape index (κ1) is 18.8. The predicted octanol–water partition coefficient (Wildman–Crippen LogP) is 2.99. The molecule has 5 rings (SSSR count). The molecule has 8 nitrogen and oxygen atoms in total. The average Bonchev–Trinajstić information content (AvgIpc) is 3.11. The summed E-state index contributed by atoms with van der Waals surface area (Å²) in [6, 6.07) is 14.6. The standard InChI is InChI=1S/C23H20N6O2/c1-13-5-3-6-14-9-16(28(2)23(31)18(13)14)11-29-22-19(21(24)25-12-26-22)20(27-29)15-7-4-8-17(30)10-15/h3-10,12,30H,11H2,1-2H3,(H2,24,25,26). The van der Waals surface area contributed by atoms with Gasteiger partial charge in [-0.15, -0.1) is 0 Å². The number of nitrogen functional groups attached to an aromatic ring is 1. The fourth-order valence-electron chi connectivity index (χ4n) is 3.98. The van der Waals surface area contributed by atoms with Gasteiger partial charge in [0.15, 0.2) is 5.65 Å². The molecular formula is C23H20N6O2. The van der Waals surface area contributed by atoms with Crippen molar-refractivity contribution in [3.05, 3.63) is 76.5 Å². The zero-order valence-corrected chi connectivity index (χ0v) is 17.1. The summed E-state index contributed by atoms with van der Waals surface area (Å²) in [7, 11) is 1.76. The highest BCUT2D eigenvalue weighted by Crippen LogP contribution is 2.32. The van der Waals surface area contributed by atoms with Gasteiger partial charge in [0.25, 0.3) is 5.56 Å². The van der Waals surface area contributed by atoms with Crippen LogP contribution in [-0.4, -0.2) is 29.4 Å². The first-order valence-electron chi connectivity index (χ1n) is 9.78. The maximum Gasteiger partial charge on any atom is 0.258 e. The van der Waals surface area contributed by atoms with Crippen LogP contribution in [0.15, 0.2) is 59.7 Å². The monoisotopic (exact) mass is 412 g/mol. The summed E-state index contributed by atoms with van der Waals surface area (Å²) < 4.78 is 3.35. The van der Waals surface area contributed by atoms with E-state index in [1.165, 1.54) is 6.33 Å². The highest BCUT2D eigenvalue weighted by molar-refractivity contribution is 5.98. The van der Waals surface area contributed by atoms with Crippen molar-refractivity contribution >= 4 is 27.6 Å². The van der Waals surface area contributed by atoms with Crippen molar-refractivity contribution in [2.45, 2.75) is 13.5 Å². The van der Waals surface area contributed by atoms with Gasteiger partial charge in [-0.2, -0.15) is 5.10 Å². The van der Waals surface area contributed by atoms with Crippen LogP contribution in [0.25, 0.3) is 33.1 Å². The molecule has 3 aromatic heterocycles. The van der Waals surface area contributed by atoms with Gasteiger partial charge in [-0.25, -0.2) is 14.6 Å². The normalized spacial score (nSPS) is 11.4. The second-order valence-corrected chi connectivity index (χ2v) is 7.55. The summed E-state index contributed by atoms with van der Waals surface area (Å²) in [5.74, 6) is 0.431. The van der Waals surface area contributed by atoms with Crippen LogP contribution in [0.4, 0.5) is 5.82 Å². The molecule has 154 valence electrons. The Bertz CT molecular complexity index is 1530. The van der Waals surface area contributed by atoms with Crippen LogP contribution < -0.4 is 11.3 Å². The molecule has 3 heterocycles. The van der Waals surface area contributed by atoms with Crippen molar-refractivity contribution in [3.8, 4) is 17.0 Å². The minimum absolute atomic E-state index is 0.0515.